The summed E-state index contributed by atoms with van der Waals surface area (Å²) in [6, 6.07) is 9.66. The van der Waals surface area contributed by atoms with E-state index >= 15 is 0 Å². The number of rotatable bonds is 5. The molecule has 1 aromatic carbocycles. The second-order valence-electron chi connectivity index (χ2n) is 7.07. The van der Waals surface area contributed by atoms with Gasteiger partial charge in [-0.3, -0.25) is 4.79 Å². The van der Waals surface area contributed by atoms with E-state index in [1.54, 1.807) is 17.7 Å². The number of amides is 1. The smallest absolute Gasteiger partial charge is 0.263 e. The SMILES string of the molecule is CCc1cc2c(N3CCN(C(=O)COn4nc5ccccc5n4)CC3)ncnc2s1. The Hall–Kier alpha value is -3.27. The van der Waals surface area contributed by atoms with E-state index in [9.17, 15) is 4.79 Å². The van der Waals surface area contributed by atoms with Crippen LogP contribution in [0.4, 0.5) is 5.82 Å². The highest BCUT2D eigenvalue weighted by molar-refractivity contribution is 7.18. The molecule has 0 saturated carbocycles. The van der Waals surface area contributed by atoms with Crippen molar-refractivity contribution in [3.05, 3.63) is 41.5 Å². The van der Waals surface area contributed by atoms with Crippen LogP contribution in [0.5, 0.6) is 0 Å². The fourth-order valence-corrected chi connectivity index (χ4v) is 4.52. The van der Waals surface area contributed by atoms with Crippen molar-refractivity contribution in [1.82, 2.24) is 30.0 Å². The molecule has 1 aliphatic rings. The minimum absolute atomic E-state index is 0.0763. The lowest BCUT2D eigenvalue weighted by molar-refractivity contribution is -0.138. The van der Waals surface area contributed by atoms with Gasteiger partial charge in [-0.05, 0) is 29.6 Å². The van der Waals surface area contributed by atoms with Gasteiger partial charge in [0.15, 0.2) is 6.61 Å². The summed E-state index contributed by atoms with van der Waals surface area (Å²) in [6.07, 6.45) is 2.61. The van der Waals surface area contributed by atoms with Crippen molar-refractivity contribution in [2.75, 3.05) is 37.7 Å². The molecule has 0 unspecified atom stereocenters. The Kier molecular flexibility index (Phi) is 4.91. The minimum Gasteiger partial charge on any atom is -0.371 e. The molecule has 0 aliphatic carbocycles. The van der Waals surface area contributed by atoms with Gasteiger partial charge in [0.25, 0.3) is 5.91 Å². The van der Waals surface area contributed by atoms with Gasteiger partial charge in [0.05, 0.1) is 5.39 Å². The van der Waals surface area contributed by atoms with Gasteiger partial charge in [-0.1, -0.05) is 19.1 Å². The number of hydrogen-bond acceptors (Lipinski definition) is 8. The van der Waals surface area contributed by atoms with Crippen molar-refractivity contribution in [2.45, 2.75) is 13.3 Å². The molecule has 10 heteroatoms. The normalized spacial score (nSPS) is 14.6. The van der Waals surface area contributed by atoms with Crippen LogP contribution in [0.2, 0.25) is 0 Å². The van der Waals surface area contributed by atoms with Gasteiger partial charge in [0.1, 0.15) is 28.0 Å². The molecule has 0 spiro atoms. The monoisotopic (exact) mass is 423 g/mol. The van der Waals surface area contributed by atoms with Crippen LogP contribution in [-0.2, 0) is 11.2 Å². The summed E-state index contributed by atoms with van der Waals surface area (Å²) in [5, 5.41) is 9.52. The number of piperazine rings is 1. The summed E-state index contributed by atoms with van der Waals surface area (Å²) in [7, 11) is 0. The lowest BCUT2D eigenvalue weighted by Crippen LogP contribution is -2.50. The molecule has 4 aromatic rings. The highest BCUT2D eigenvalue weighted by Gasteiger charge is 2.24. The molecule has 0 bridgehead atoms. The Morgan fingerprint density at radius 3 is 2.53 bits per heavy atom. The van der Waals surface area contributed by atoms with Gasteiger partial charge in [-0.25, -0.2) is 9.97 Å². The largest absolute Gasteiger partial charge is 0.371 e. The summed E-state index contributed by atoms with van der Waals surface area (Å²) in [4.78, 5) is 34.4. The average Bonchev–Trinajstić information content (AvgIpc) is 3.40. The summed E-state index contributed by atoms with van der Waals surface area (Å²) in [5.74, 6) is 0.874. The zero-order chi connectivity index (χ0) is 20.5. The first-order valence-electron chi connectivity index (χ1n) is 9.93. The van der Waals surface area contributed by atoms with E-state index in [-0.39, 0.29) is 12.5 Å². The first kappa shape index (κ1) is 18.7. The van der Waals surface area contributed by atoms with Gasteiger partial charge in [-0.2, -0.15) is 0 Å². The molecule has 1 aliphatic heterocycles. The van der Waals surface area contributed by atoms with Gasteiger partial charge in [-0.15, -0.1) is 21.5 Å². The molecular formula is C20H21N7O2S. The molecule has 0 N–H and O–H groups in total. The highest BCUT2D eigenvalue weighted by atomic mass is 32.1. The van der Waals surface area contributed by atoms with Crippen molar-refractivity contribution in [2.24, 2.45) is 0 Å². The minimum atomic E-state index is -0.0941. The molecule has 9 nitrogen and oxygen atoms in total. The second-order valence-corrected chi connectivity index (χ2v) is 8.18. The van der Waals surface area contributed by atoms with Crippen LogP contribution in [0.25, 0.3) is 21.3 Å². The lowest BCUT2D eigenvalue weighted by atomic mass is 10.2. The Bertz CT molecular complexity index is 1160. The first-order chi connectivity index (χ1) is 14.7. The van der Waals surface area contributed by atoms with Crippen LogP contribution < -0.4 is 9.74 Å². The predicted molar refractivity (Wildman–Crippen MR) is 115 cm³/mol. The third-order valence-corrected chi connectivity index (χ3v) is 6.40. The Labute approximate surface area is 176 Å². The maximum Gasteiger partial charge on any atom is 0.263 e. The zero-order valence-electron chi connectivity index (χ0n) is 16.6. The standard InChI is InChI=1S/C20H21N7O2S/c1-2-14-11-15-19(21-13-22-20(15)30-14)26-9-7-25(8-10-26)18(28)12-29-27-23-16-5-3-4-6-17(16)24-27/h3-6,11,13H,2,7-10,12H2,1H3. The molecule has 0 radical (unpaired) electrons. The van der Waals surface area contributed by atoms with E-state index in [1.165, 1.54) is 4.88 Å². The molecule has 1 fully saturated rings. The number of aromatic nitrogens is 5. The maximum absolute atomic E-state index is 12.6. The number of hydrogen-bond donors (Lipinski definition) is 0. The number of fused-ring (bicyclic) bond motifs is 2. The highest BCUT2D eigenvalue weighted by Crippen LogP contribution is 2.30. The van der Waals surface area contributed by atoms with Crippen LogP contribution in [0, 0.1) is 0 Å². The topological polar surface area (TPSA) is 89.3 Å². The average molecular weight is 424 g/mol. The quantitative estimate of drug-likeness (QED) is 0.483. The van der Waals surface area contributed by atoms with E-state index in [0.29, 0.717) is 13.1 Å². The first-order valence-corrected chi connectivity index (χ1v) is 10.7. The molecule has 154 valence electrons. The summed E-state index contributed by atoms with van der Waals surface area (Å²) in [5.41, 5.74) is 1.46. The van der Waals surface area contributed by atoms with Crippen molar-refractivity contribution in [1.29, 1.82) is 0 Å². The van der Waals surface area contributed by atoms with E-state index in [0.717, 1.165) is 51.5 Å². The van der Waals surface area contributed by atoms with E-state index < -0.39 is 0 Å². The van der Waals surface area contributed by atoms with Gasteiger partial charge >= 0.3 is 0 Å². The van der Waals surface area contributed by atoms with E-state index in [4.69, 9.17) is 4.84 Å². The molecule has 0 atom stereocenters. The van der Waals surface area contributed by atoms with Crippen LogP contribution in [0.15, 0.2) is 36.7 Å². The number of aryl methyl sites for hydroxylation is 1. The van der Waals surface area contributed by atoms with Crippen molar-refractivity contribution in [3.63, 3.8) is 0 Å². The third-order valence-electron chi connectivity index (χ3n) is 5.21. The number of thiophene rings is 1. The number of carbonyl (C=O) groups excluding carboxylic acids is 1. The van der Waals surface area contributed by atoms with Crippen LogP contribution in [-0.4, -0.2) is 68.7 Å². The van der Waals surface area contributed by atoms with E-state index in [1.807, 2.05) is 29.2 Å². The molecule has 1 amide bonds. The number of nitrogens with zero attached hydrogens (tertiary/aromatic N) is 7. The summed E-state index contributed by atoms with van der Waals surface area (Å²) < 4.78 is 0. The van der Waals surface area contributed by atoms with E-state index in [2.05, 4.69) is 38.1 Å². The summed E-state index contributed by atoms with van der Waals surface area (Å²) in [6.45, 7) is 4.73. The van der Waals surface area contributed by atoms with Crippen LogP contribution >= 0.6 is 11.3 Å². The molecule has 4 heterocycles. The van der Waals surface area contributed by atoms with Crippen molar-refractivity contribution in [3.8, 4) is 0 Å². The lowest BCUT2D eigenvalue weighted by Gasteiger charge is -2.35. The second kappa shape index (κ2) is 7.86. The zero-order valence-corrected chi connectivity index (χ0v) is 17.4. The maximum atomic E-state index is 12.6. The number of carbonyl (C=O) groups is 1. The van der Waals surface area contributed by atoms with Gasteiger partial charge in [0, 0.05) is 31.1 Å². The van der Waals surface area contributed by atoms with Crippen LogP contribution in [0.1, 0.15) is 11.8 Å². The van der Waals surface area contributed by atoms with Gasteiger partial charge in [0.2, 0.25) is 0 Å². The number of benzene rings is 1. The molecule has 30 heavy (non-hydrogen) atoms. The molecule has 5 rings (SSSR count). The third kappa shape index (κ3) is 3.54. The Morgan fingerprint density at radius 1 is 1.10 bits per heavy atom. The Morgan fingerprint density at radius 2 is 1.83 bits per heavy atom. The van der Waals surface area contributed by atoms with Crippen LogP contribution in [0.3, 0.4) is 0 Å². The molecule has 3 aromatic heterocycles. The number of anilines is 1. The van der Waals surface area contributed by atoms with Crippen molar-refractivity contribution >= 4 is 44.3 Å². The molecular weight excluding hydrogens is 402 g/mol. The predicted octanol–water partition coefficient (Wildman–Crippen LogP) is 1.78. The fourth-order valence-electron chi connectivity index (χ4n) is 3.59. The van der Waals surface area contributed by atoms with Gasteiger partial charge < -0.3 is 14.6 Å². The summed E-state index contributed by atoms with van der Waals surface area (Å²) >= 11 is 1.71. The van der Waals surface area contributed by atoms with Crippen molar-refractivity contribution < 1.29 is 9.63 Å². The Balaban J connectivity index is 1.20. The molecule has 1 saturated heterocycles. The fraction of sp³-hybridized carbons (Fsp3) is 0.350.